The van der Waals surface area contributed by atoms with Gasteiger partial charge in [0.15, 0.2) is 0 Å². The van der Waals surface area contributed by atoms with E-state index in [1.54, 1.807) is 19.2 Å². The molecule has 0 heterocycles. The predicted molar refractivity (Wildman–Crippen MR) is 78.9 cm³/mol. The minimum atomic E-state index is -0.954. The van der Waals surface area contributed by atoms with Gasteiger partial charge in [-0.1, -0.05) is 0 Å². The topological polar surface area (TPSA) is 65.0 Å². The third-order valence-corrected chi connectivity index (χ3v) is 3.19. The Morgan fingerprint density at radius 2 is 2.05 bits per heavy atom. The highest BCUT2D eigenvalue weighted by Gasteiger charge is 2.07. The van der Waals surface area contributed by atoms with Crippen molar-refractivity contribution in [2.75, 3.05) is 33.5 Å². The maximum Gasteiger partial charge on any atom is 0.335 e. The van der Waals surface area contributed by atoms with Gasteiger partial charge < -0.3 is 19.3 Å². The van der Waals surface area contributed by atoms with E-state index in [0.717, 1.165) is 9.99 Å². The van der Waals surface area contributed by atoms with Gasteiger partial charge in [0.05, 0.1) is 29.0 Å². The van der Waals surface area contributed by atoms with Gasteiger partial charge in [0, 0.05) is 20.1 Å². The second-order valence-electron chi connectivity index (χ2n) is 3.76. The zero-order valence-corrected chi connectivity index (χ0v) is 12.9. The molecule has 0 amide bonds. The fraction of sp³-hybridized carbons (Fsp3) is 0.462. The van der Waals surface area contributed by atoms with E-state index in [0.29, 0.717) is 32.2 Å². The molecule has 0 spiro atoms. The van der Waals surface area contributed by atoms with Crippen molar-refractivity contribution in [2.24, 2.45) is 0 Å². The predicted octanol–water partition coefficient (Wildman–Crippen LogP) is 2.42. The first kappa shape index (κ1) is 16.2. The number of halogens is 1. The standard InChI is InChI=1S/C13H17IO5/c1-17-7-8-18-5-2-6-19-12-9-10(13(15)16)3-4-11(12)14/h3-4,9H,2,5-8H2,1H3,(H,15,16). The summed E-state index contributed by atoms with van der Waals surface area (Å²) in [5, 5.41) is 8.90. The Hall–Kier alpha value is -0.860. The zero-order valence-electron chi connectivity index (χ0n) is 10.7. The summed E-state index contributed by atoms with van der Waals surface area (Å²) in [4.78, 5) is 10.9. The van der Waals surface area contributed by atoms with Crippen molar-refractivity contribution in [3.8, 4) is 5.75 Å². The molecule has 6 heteroatoms. The Morgan fingerprint density at radius 3 is 2.74 bits per heavy atom. The highest BCUT2D eigenvalue weighted by Crippen LogP contribution is 2.22. The molecule has 0 saturated carbocycles. The van der Waals surface area contributed by atoms with Crippen LogP contribution in [0.4, 0.5) is 0 Å². The molecule has 0 aliphatic rings. The molecular formula is C13H17IO5. The van der Waals surface area contributed by atoms with E-state index in [1.165, 1.54) is 6.07 Å². The monoisotopic (exact) mass is 380 g/mol. The van der Waals surface area contributed by atoms with Crippen LogP contribution in [0.15, 0.2) is 18.2 Å². The van der Waals surface area contributed by atoms with Crippen molar-refractivity contribution >= 4 is 28.6 Å². The van der Waals surface area contributed by atoms with Crippen LogP contribution < -0.4 is 4.74 Å². The van der Waals surface area contributed by atoms with E-state index >= 15 is 0 Å². The molecule has 0 bridgehead atoms. The van der Waals surface area contributed by atoms with Crippen LogP contribution in [0.5, 0.6) is 5.75 Å². The number of methoxy groups -OCH3 is 1. The normalized spacial score (nSPS) is 10.4. The van der Waals surface area contributed by atoms with Crippen LogP contribution >= 0.6 is 22.6 Å². The molecule has 5 nitrogen and oxygen atoms in total. The van der Waals surface area contributed by atoms with Gasteiger partial charge in [-0.05, 0) is 40.8 Å². The fourth-order valence-corrected chi connectivity index (χ4v) is 1.83. The summed E-state index contributed by atoms with van der Waals surface area (Å²) in [6.45, 7) is 2.24. The molecule has 19 heavy (non-hydrogen) atoms. The van der Waals surface area contributed by atoms with E-state index in [2.05, 4.69) is 22.6 Å². The van der Waals surface area contributed by atoms with Crippen LogP contribution in [0, 0.1) is 3.57 Å². The number of rotatable bonds is 9. The Labute approximate surface area is 126 Å². The molecule has 1 aromatic carbocycles. The van der Waals surface area contributed by atoms with Crippen LogP contribution in [-0.4, -0.2) is 44.6 Å². The molecule has 0 fully saturated rings. The second-order valence-corrected chi connectivity index (χ2v) is 4.92. The lowest BCUT2D eigenvalue weighted by Gasteiger charge is -2.09. The van der Waals surface area contributed by atoms with Gasteiger partial charge in [0.25, 0.3) is 0 Å². The highest BCUT2D eigenvalue weighted by atomic mass is 127. The summed E-state index contributed by atoms with van der Waals surface area (Å²) < 4.78 is 16.6. The average Bonchev–Trinajstić information content (AvgIpc) is 2.39. The van der Waals surface area contributed by atoms with E-state index < -0.39 is 5.97 Å². The molecule has 0 atom stereocenters. The maximum atomic E-state index is 10.9. The fourth-order valence-electron chi connectivity index (χ4n) is 1.33. The average molecular weight is 380 g/mol. The summed E-state index contributed by atoms with van der Waals surface area (Å²) in [6.07, 6.45) is 0.747. The lowest BCUT2D eigenvalue weighted by Crippen LogP contribution is -2.07. The molecule has 0 saturated heterocycles. The first-order chi connectivity index (χ1) is 9.15. The quantitative estimate of drug-likeness (QED) is 0.527. The van der Waals surface area contributed by atoms with Crippen LogP contribution in [-0.2, 0) is 9.47 Å². The van der Waals surface area contributed by atoms with Crippen LogP contribution in [0.25, 0.3) is 0 Å². The highest BCUT2D eigenvalue weighted by molar-refractivity contribution is 14.1. The number of ether oxygens (including phenoxy) is 3. The Balaban J connectivity index is 2.32. The Bertz CT molecular complexity index is 408. The number of carboxylic acids is 1. The molecule has 0 aliphatic carbocycles. The molecule has 0 aliphatic heterocycles. The van der Waals surface area contributed by atoms with Crippen molar-refractivity contribution in [1.29, 1.82) is 0 Å². The molecule has 1 N–H and O–H groups in total. The third-order valence-electron chi connectivity index (χ3n) is 2.30. The SMILES string of the molecule is COCCOCCCOc1cc(C(=O)O)ccc1I. The Kier molecular flexibility index (Phi) is 7.76. The number of hydrogen-bond acceptors (Lipinski definition) is 4. The molecule has 0 radical (unpaired) electrons. The van der Waals surface area contributed by atoms with E-state index in [1.807, 2.05) is 0 Å². The van der Waals surface area contributed by atoms with Gasteiger partial charge in [-0.25, -0.2) is 4.79 Å². The first-order valence-corrected chi connectivity index (χ1v) is 6.95. The minimum absolute atomic E-state index is 0.228. The van der Waals surface area contributed by atoms with Crippen LogP contribution in [0.1, 0.15) is 16.8 Å². The van der Waals surface area contributed by atoms with Crippen LogP contribution in [0.2, 0.25) is 0 Å². The van der Waals surface area contributed by atoms with E-state index in [9.17, 15) is 4.79 Å². The molecule has 1 rings (SSSR count). The molecular weight excluding hydrogens is 363 g/mol. The maximum absolute atomic E-state index is 10.9. The van der Waals surface area contributed by atoms with E-state index in [4.69, 9.17) is 19.3 Å². The molecule has 0 unspecified atom stereocenters. The molecule has 0 aromatic heterocycles. The van der Waals surface area contributed by atoms with Crippen molar-refractivity contribution in [3.05, 3.63) is 27.3 Å². The smallest absolute Gasteiger partial charge is 0.335 e. The largest absolute Gasteiger partial charge is 0.492 e. The van der Waals surface area contributed by atoms with Crippen molar-refractivity contribution in [3.63, 3.8) is 0 Å². The lowest BCUT2D eigenvalue weighted by molar-refractivity contribution is 0.0643. The minimum Gasteiger partial charge on any atom is -0.492 e. The summed E-state index contributed by atoms with van der Waals surface area (Å²) in [7, 11) is 1.63. The first-order valence-electron chi connectivity index (χ1n) is 5.87. The van der Waals surface area contributed by atoms with Crippen LogP contribution in [0.3, 0.4) is 0 Å². The second kappa shape index (κ2) is 9.11. The number of hydrogen-bond donors (Lipinski definition) is 1. The number of carboxylic acid groups (broad SMARTS) is 1. The van der Waals surface area contributed by atoms with Gasteiger partial charge in [-0.3, -0.25) is 0 Å². The summed E-state index contributed by atoms with van der Waals surface area (Å²) in [5.74, 6) is -0.360. The molecule has 1 aromatic rings. The van der Waals surface area contributed by atoms with Gasteiger partial charge in [0.2, 0.25) is 0 Å². The van der Waals surface area contributed by atoms with Crippen molar-refractivity contribution < 1.29 is 24.1 Å². The molecule has 106 valence electrons. The summed E-state index contributed by atoms with van der Waals surface area (Å²) in [5.41, 5.74) is 0.228. The van der Waals surface area contributed by atoms with Gasteiger partial charge in [-0.15, -0.1) is 0 Å². The number of carbonyl (C=O) groups is 1. The number of aromatic carboxylic acids is 1. The van der Waals surface area contributed by atoms with Gasteiger partial charge in [-0.2, -0.15) is 0 Å². The third kappa shape index (κ3) is 6.22. The van der Waals surface area contributed by atoms with E-state index in [-0.39, 0.29) is 5.56 Å². The van der Waals surface area contributed by atoms with Crippen molar-refractivity contribution in [2.45, 2.75) is 6.42 Å². The van der Waals surface area contributed by atoms with Gasteiger partial charge in [0.1, 0.15) is 5.75 Å². The summed E-state index contributed by atoms with van der Waals surface area (Å²) in [6, 6.07) is 4.83. The van der Waals surface area contributed by atoms with Crippen molar-refractivity contribution in [1.82, 2.24) is 0 Å². The van der Waals surface area contributed by atoms with Gasteiger partial charge >= 0.3 is 5.97 Å². The Morgan fingerprint density at radius 1 is 1.26 bits per heavy atom. The number of benzene rings is 1. The summed E-state index contributed by atoms with van der Waals surface area (Å²) >= 11 is 2.11. The lowest BCUT2D eigenvalue weighted by atomic mass is 10.2. The zero-order chi connectivity index (χ0) is 14.1.